The maximum absolute atomic E-state index is 9.06. The summed E-state index contributed by atoms with van der Waals surface area (Å²) in [6.07, 6.45) is 1.67. The molecule has 0 aliphatic rings. The molecule has 0 aliphatic carbocycles. The highest BCUT2D eigenvalue weighted by Gasteiger charge is 2.04. The van der Waals surface area contributed by atoms with E-state index in [1.807, 2.05) is 25.1 Å². The number of nitrogens with zero attached hydrogens (tertiary/aromatic N) is 2. The summed E-state index contributed by atoms with van der Waals surface area (Å²) in [4.78, 5) is 4.16. The first-order chi connectivity index (χ1) is 9.22. The number of rotatable bonds is 4. The summed E-state index contributed by atoms with van der Waals surface area (Å²) >= 11 is 3.39. The molecule has 0 radical (unpaired) electrons. The van der Waals surface area contributed by atoms with Gasteiger partial charge in [-0.1, -0.05) is 15.9 Å². The van der Waals surface area contributed by atoms with Gasteiger partial charge in [0.05, 0.1) is 29.7 Å². The molecule has 0 spiro atoms. The Labute approximate surface area is 120 Å². The van der Waals surface area contributed by atoms with Crippen LogP contribution in [0.5, 0.6) is 5.88 Å². The van der Waals surface area contributed by atoms with Gasteiger partial charge in [0.25, 0.3) is 0 Å². The van der Waals surface area contributed by atoms with Crippen LogP contribution in [0.1, 0.15) is 12.5 Å². The SMILES string of the molecule is CCOc1ccc(Nc2cc(Br)ccc2C#N)cn1. The molecule has 0 fully saturated rings. The molecule has 2 rings (SSSR count). The largest absolute Gasteiger partial charge is 0.478 e. The van der Waals surface area contributed by atoms with E-state index >= 15 is 0 Å². The number of halogens is 1. The quantitative estimate of drug-likeness (QED) is 0.930. The van der Waals surface area contributed by atoms with Gasteiger partial charge in [0.2, 0.25) is 5.88 Å². The summed E-state index contributed by atoms with van der Waals surface area (Å²) in [6.45, 7) is 2.50. The fourth-order valence-electron chi connectivity index (χ4n) is 1.56. The van der Waals surface area contributed by atoms with Crippen molar-refractivity contribution < 1.29 is 4.74 Å². The molecule has 1 N–H and O–H groups in total. The van der Waals surface area contributed by atoms with Crippen LogP contribution < -0.4 is 10.1 Å². The normalized spacial score (nSPS) is 9.74. The van der Waals surface area contributed by atoms with E-state index in [9.17, 15) is 0 Å². The van der Waals surface area contributed by atoms with Crippen molar-refractivity contribution in [2.45, 2.75) is 6.92 Å². The molecule has 0 saturated heterocycles. The Bertz CT molecular complexity index is 605. The number of benzene rings is 1. The highest BCUT2D eigenvalue weighted by Crippen LogP contribution is 2.24. The molecule has 1 aromatic heterocycles. The zero-order valence-electron chi connectivity index (χ0n) is 10.4. The van der Waals surface area contributed by atoms with Gasteiger partial charge in [-0.05, 0) is 31.2 Å². The Hall–Kier alpha value is -2.06. The molecule has 0 atom stereocenters. The lowest BCUT2D eigenvalue weighted by Crippen LogP contribution is -1.97. The van der Waals surface area contributed by atoms with E-state index in [0.29, 0.717) is 18.1 Å². The van der Waals surface area contributed by atoms with Crippen molar-refractivity contribution in [2.24, 2.45) is 0 Å². The average Bonchev–Trinajstić information content (AvgIpc) is 2.42. The molecule has 0 bridgehead atoms. The van der Waals surface area contributed by atoms with Crippen molar-refractivity contribution >= 4 is 27.3 Å². The summed E-state index contributed by atoms with van der Waals surface area (Å²) in [5.74, 6) is 0.586. The van der Waals surface area contributed by atoms with Gasteiger partial charge in [0.15, 0.2) is 0 Å². The van der Waals surface area contributed by atoms with E-state index in [2.05, 4.69) is 32.3 Å². The zero-order chi connectivity index (χ0) is 13.7. The second-order valence-electron chi connectivity index (χ2n) is 3.74. The summed E-state index contributed by atoms with van der Waals surface area (Å²) in [7, 11) is 0. The summed E-state index contributed by atoms with van der Waals surface area (Å²) in [5, 5.41) is 12.2. The number of ether oxygens (including phenoxy) is 1. The first-order valence-corrected chi connectivity index (χ1v) is 6.57. The molecular formula is C14H12BrN3O. The topological polar surface area (TPSA) is 57.9 Å². The van der Waals surface area contributed by atoms with E-state index in [0.717, 1.165) is 15.8 Å². The van der Waals surface area contributed by atoms with Crippen molar-refractivity contribution in [3.63, 3.8) is 0 Å². The van der Waals surface area contributed by atoms with Gasteiger partial charge in [0.1, 0.15) is 6.07 Å². The second-order valence-corrected chi connectivity index (χ2v) is 4.66. The zero-order valence-corrected chi connectivity index (χ0v) is 11.9. The number of hydrogen-bond acceptors (Lipinski definition) is 4. The Morgan fingerprint density at radius 1 is 1.37 bits per heavy atom. The van der Waals surface area contributed by atoms with Crippen molar-refractivity contribution in [1.82, 2.24) is 4.98 Å². The van der Waals surface area contributed by atoms with Gasteiger partial charge < -0.3 is 10.1 Å². The van der Waals surface area contributed by atoms with E-state index in [4.69, 9.17) is 10.00 Å². The van der Waals surface area contributed by atoms with Crippen LogP contribution in [0.3, 0.4) is 0 Å². The monoisotopic (exact) mass is 317 g/mol. The van der Waals surface area contributed by atoms with Gasteiger partial charge >= 0.3 is 0 Å². The highest BCUT2D eigenvalue weighted by atomic mass is 79.9. The van der Waals surface area contributed by atoms with E-state index in [-0.39, 0.29) is 0 Å². The molecule has 0 aliphatic heterocycles. The molecule has 96 valence electrons. The lowest BCUT2D eigenvalue weighted by atomic mass is 10.2. The standard InChI is InChI=1S/C14H12BrN3O/c1-2-19-14-6-5-12(9-17-14)18-13-7-11(15)4-3-10(13)8-16/h3-7,9,18H,2H2,1H3. The first-order valence-electron chi connectivity index (χ1n) is 5.78. The smallest absolute Gasteiger partial charge is 0.213 e. The average molecular weight is 318 g/mol. The van der Waals surface area contributed by atoms with Crippen LogP contribution in [-0.4, -0.2) is 11.6 Å². The van der Waals surface area contributed by atoms with Gasteiger partial charge in [-0.2, -0.15) is 5.26 Å². The minimum absolute atomic E-state index is 0.581. The Morgan fingerprint density at radius 2 is 2.21 bits per heavy atom. The minimum Gasteiger partial charge on any atom is -0.478 e. The van der Waals surface area contributed by atoms with Gasteiger partial charge in [0, 0.05) is 10.5 Å². The van der Waals surface area contributed by atoms with Crippen LogP contribution in [0, 0.1) is 11.3 Å². The van der Waals surface area contributed by atoms with Crippen LogP contribution in [0.15, 0.2) is 41.0 Å². The Morgan fingerprint density at radius 3 is 2.84 bits per heavy atom. The van der Waals surface area contributed by atoms with Crippen LogP contribution in [0.2, 0.25) is 0 Å². The molecule has 0 amide bonds. The molecule has 4 nitrogen and oxygen atoms in total. The van der Waals surface area contributed by atoms with Crippen LogP contribution in [0.25, 0.3) is 0 Å². The molecule has 0 unspecified atom stereocenters. The Balaban J connectivity index is 2.21. The van der Waals surface area contributed by atoms with Gasteiger partial charge in [-0.15, -0.1) is 0 Å². The van der Waals surface area contributed by atoms with Crippen molar-refractivity contribution in [3.05, 3.63) is 46.6 Å². The van der Waals surface area contributed by atoms with Crippen LogP contribution in [0.4, 0.5) is 11.4 Å². The van der Waals surface area contributed by atoms with E-state index in [1.165, 1.54) is 0 Å². The minimum atomic E-state index is 0.581. The van der Waals surface area contributed by atoms with Crippen LogP contribution >= 0.6 is 15.9 Å². The third-order valence-corrected chi connectivity index (χ3v) is 2.90. The summed E-state index contributed by atoms with van der Waals surface area (Å²) in [5.41, 5.74) is 2.12. The van der Waals surface area contributed by atoms with Crippen LogP contribution in [-0.2, 0) is 0 Å². The number of nitrogens with one attached hydrogen (secondary N) is 1. The number of nitriles is 1. The fraction of sp³-hybridized carbons (Fsp3) is 0.143. The molecule has 2 aromatic rings. The fourth-order valence-corrected chi connectivity index (χ4v) is 1.92. The lowest BCUT2D eigenvalue weighted by molar-refractivity contribution is 0.327. The molecule has 19 heavy (non-hydrogen) atoms. The number of aromatic nitrogens is 1. The predicted molar refractivity (Wildman–Crippen MR) is 77.5 cm³/mol. The van der Waals surface area contributed by atoms with Crippen molar-refractivity contribution in [3.8, 4) is 11.9 Å². The van der Waals surface area contributed by atoms with E-state index in [1.54, 1.807) is 18.3 Å². The highest BCUT2D eigenvalue weighted by molar-refractivity contribution is 9.10. The third-order valence-electron chi connectivity index (χ3n) is 2.41. The maximum Gasteiger partial charge on any atom is 0.213 e. The molecule has 0 saturated carbocycles. The third kappa shape index (κ3) is 3.46. The first kappa shape index (κ1) is 13.4. The van der Waals surface area contributed by atoms with Crippen molar-refractivity contribution in [1.29, 1.82) is 5.26 Å². The molecule has 1 aromatic carbocycles. The molecular weight excluding hydrogens is 306 g/mol. The lowest BCUT2D eigenvalue weighted by Gasteiger charge is -2.09. The predicted octanol–water partition coefficient (Wildman–Crippen LogP) is 3.86. The Kier molecular flexibility index (Phi) is 4.37. The number of pyridine rings is 1. The number of hydrogen-bond donors (Lipinski definition) is 1. The summed E-state index contributed by atoms with van der Waals surface area (Å²) < 4.78 is 6.19. The van der Waals surface area contributed by atoms with Crippen molar-refractivity contribution in [2.75, 3.05) is 11.9 Å². The molecule has 1 heterocycles. The van der Waals surface area contributed by atoms with E-state index < -0.39 is 0 Å². The summed E-state index contributed by atoms with van der Waals surface area (Å²) in [6, 6.07) is 11.2. The maximum atomic E-state index is 9.06. The van der Waals surface area contributed by atoms with Gasteiger partial charge in [-0.3, -0.25) is 0 Å². The molecule has 5 heteroatoms. The second kappa shape index (κ2) is 6.21. The van der Waals surface area contributed by atoms with Gasteiger partial charge in [-0.25, -0.2) is 4.98 Å². The number of anilines is 2.